The van der Waals surface area contributed by atoms with Gasteiger partial charge in [-0.05, 0) is 31.4 Å². The van der Waals surface area contributed by atoms with Crippen molar-refractivity contribution in [2.45, 2.75) is 24.9 Å². The van der Waals surface area contributed by atoms with E-state index in [4.69, 9.17) is 4.74 Å². The molecule has 15 heavy (non-hydrogen) atoms. The van der Waals surface area contributed by atoms with Crippen molar-refractivity contribution in [3.63, 3.8) is 0 Å². The predicted molar refractivity (Wildman–Crippen MR) is 60.3 cm³/mol. The van der Waals surface area contributed by atoms with E-state index in [-0.39, 0.29) is 0 Å². The topological polar surface area (TPSA) is 41.5 Å². The molecule has 0 unspecified atom stereocenters. The molecule has 82 valence electrons. The lowest BCUT2D eigenvalue weighted by molar-refractivity contribution is -0.0202. The molecular weight excluding hydrogens is 190 g/mol. The summed E-state index contributed by atoms with van der Waals surface area (Å²) in [6.07, 6.45) is 2.93. The van der Waals surface area contributed by atoms with Crippen molar-refractivity contribution in [1.29, 1.82) is 0 Å². The molecule has 0 heterocycles. The smallest absolute Gasteiger partial charge is 0.141 e. The molecule has 1 aliphatic carbocycles. The molecule has 0 radical (unpaired) electrons. The van der Waals surface area contributed by atoms with E-state index in [0.717, 1.165) is 30.7 Å². The Morgan fingerprint density at radius 3 is 2.73 bits per heavy atom. The fraction of sp³-hybridized carbons (Fsp3) is 0.500. The summed E-state index contributed by atoms with van der Waals surface area (Å²) in [6.45, 7) is 0.605. The van der Waals surface area contributed by atoms with Crippen molar-refractivity contribution in [3.05, 3.63) is 24.3 Å². The van der Waals surface area contributed by atoms with E-state index in [1.807, 2.05) is 24.3 Å². The van der Waals surface area contributed by atoms with E-state index in [9.17, 15) is 5.11 Å². The van der Waals surface area contributed by atoms with Gasteiger partial charge in [0.2, 0.25) is 0 Å². The first kappa shape index (κ1) is 10.3. The van der Waals surface area contributed by atoms with Crippen LogP contribution in [0.2, 0.25) is 0 Å². The molecule has 0 bridgehead atoms. The fourth-order valence-corrected chi connectivity index (χ4v) is 1.81. The lowest BCUT2D eigenvalue weighted by Crippen LogP contribution is -2.43. The normalized spacial score (nSPS) is 18.0. The summed E-state index contributed by atoms with van der Waals surface area (Å²) in [5.41, 5.74) is 0.446. The van der Waals surface area contributed by atoms with Gasteiger partial charge in [0.25, 0.3) is 0 Å². The predicted octanol–water partition coefficient (Wildman–Crippen LogP) is 2.02. The molecule has 0 amide bonds. The van der Waals surface area contributed by atoms with Gasteiger partial charge in [-0.25, -0.2) is 0 Å². The van der Waals surface area contributed by atoms with Crippen LogP contribution >= 0.6 is 0 Å². The van der Waals surface area contributed by atoms with E-state index in [1.165, 1.54) is 0 Å². The van der Waals surface area contributed by atoms with E-state index in [2.05, 4.69) is 5.32 Å². The van der Waals surface area contributed by atoms with Crippen LogP contribution in [0.15, 0.2) is 24.3 Å². The van der Waals surface area contributed by atoms with Crippen LogP contribution in [0, 0.1) is 0 Å². The van der Waals surface area contributed by atoms with Crippen LogP contribution in [0.25, 0.3) is 0 Å². The average Bonchev–Trinajstić information content (AvgIpc) is 2.24. The van der Waals surface area contributed by atoms with Crippen LogP contribution in [0.1, 0.15) is 19.3 Å². The number of para-hydroxylation sites is 2. The molecule has 1 aromatic rings. The molecular formula is C12H17NO2. The maximum atomic E-state index is 9.93. The van der Waals surface area contributed by atoms with Crippen LogP contribution in [-0.4, -0.2) is 24.4 Å². The van der Waals surface area contributed by atoms with Crippen LogP contribution < -0.4 is 10.1 Å². The van der Waals surface area contributed by atoms with E-state index >= 15 is 0 Å². The average molecular weight is 207 g/mol. The Morgan fingerprint density at radius 2 is 2.13 bits per heavy atom. The van der Waals surface area contributed by atoms with Crippen molar-refractivity contribution >= 4 is 5.69 Å². The molecule has 3 heteroatoms. The van der Waals surface area contributed by atoms with Gasteiger partial charge in [-0.2, -0.15) is 0 Å². The summed E-state index contributed by atoms with van der Waals surface area (Å²) >= 11 is 0. The van der Waals surface area contributed by atoms with Gasteiger partial charge >= 0.3 is 0 Å². The Labute approximate surface area is 90.1 Å². The van der Waals surface area contributed by atoms with Crippen LogP contribution in [-0.2, 0) is 0 Å². The van der Waals surface area contributed by atoms with E-state index in [0.29, 0.717) is 6.54 Å². The molecule has 0 spiro atoms. The van der Waals surface area contributed by atoms with Gasteiger partial charge < -0.3 is 15.2 Å². The Hall–Kier alpha value is -1.22. The maximum absolute atomic E-state index is 9.93. The zero-order valence-electron chi connectivity index (χ0n) is 8.99. The largest absolute Gasteiger partial charge is 0.495 e. The standard InChI is InChI=1S/C12H17NO2/c1-15-11-6-3-2-5-10(11)13-9-12(14)7-4-8-12/h2-3,5-6,13-14H,4,7-9H2,1H3. The Morgan fingerprint density at radius 1 is 1.40 bits per heavy atom. The number of benzene rings is 1. The lowest BCUT2D eigenvalue weighted by Gasteiger charge is -2.37. The molecule has 1 aliphatic rings. The summed E-state index contributed by atoms with van der Waals surface area (Å²) in [5.74, 6) is 0.820. The molecule has 0 saturated heterocycles. The quantitative estimate of drug-likeness (QED) is 0.793. The summed E-state index contributed by atoms with van der Waals surface area (Å²) in [4.78, 5) is 0. The van der Waals surface area contributed by atoms with Crippen LogP contribution in [0.3, 0.4) is 0 Å². The van der Waals surface area contributed by atoms with E-state index < -0.39 is 5.60 Å². The zero-order valence-corrected chi connectivity index (χ0v) is 8.99. The highest BCUT2D eigenvalue weighted by atomic mass is 16.5. The van der Waals surface area contributed by atoms with Crippen molar-refractivity contribution < 1.29 is 9.84 Å². The Kier molecular flexibility index (Phi) is 2.82. The zero-order chi connectivity index (χ0) is 10.7. The van der Waals surface area contributed by atoms with Gasteiger partial charge in [0.05, 0.1) is 18.4 Å². The van der Waals surface area contributed by atoms with Gasteiger partial charge in [0.1, 0.15) is 5.75 Å². The Balaban J connectivity index is 1.98. The first-order chi connectivity index (χ1) is 7.23. The van der Waals surface area contributed by atoms with Gasteiger partial charge in [-0.1, -0.05) is 12.1 Å². The minimum atomic E-state index is -0.499. The minimum Gasteiger partial charge on any atom is -0.495 e. The molecule has 0 atom stereocenters. The van der Waals surface area contributed by atoms with Crippen molar-refractivity contribution in [1.82, 2.24) is 0 Å². The third kappa shape index (κ3) is 2.23. The number of rotatable bonds is 4. The van der Waals surface area contributed by atoms with Gasteiger partial charge in [0, 0.05) is 6.54 Å². The number of nitrogens with one attached hydrogen (secondary N) is 1. The molecule has 2 rings (SSSR count). The highest BCUT2D eigenvalue weighted by Gasteiger charge is 2.34. The summed E-state index contributed by atoms with van der Waals surface area (Å²) in [7, 11) is 1.65. The number of hydrogen-bond acceptors (Lipinski definition) is 3. The molecule has 0 aromatic heterocycles. The summed E-state index contributed by atoms with van der Waals surface area (Å²) < 4.78 is 5.22. The number of anilines is 1. The minimum absolute atomic E-state index is 0.499. The number of ether oxygens (including phenoxy) is 1. The number of aliphatic hydroxyl groups is 1. The third-order valence-electron chi connectivity index (χ3n) is 3.00. The molecule has 1 saturated carbocycles. The second-order valence-electron chi connectivity index (χ2n) is 4.13. The van der Waals surface area contributed by atoms with Gasteiger partial charge in [-0.3, -0.25) is 0 Å². The first-order valence-corrected chi connectivity index (χ1v) is 5.33. The van der Waals surface area contributed by atoms with Crippen molar-refractivity contribution in [2.75, 3.05) is 19.0 Å². The summed E-state index contributed by atoms with van der Waals surface area (Å²) in [6, 6.07) is 7.76. The van der Waals surface area contributed by atoms with Gasteiger partial charge in [0.15, 0.2) is 0 Å². The molecule has 0 aliphatic heterocycles. The molecule has 1 aromatic carbocycles. The monoisotopic (exact) mass is 207 g/mol. The highest BCUT2D eigenvalue weighted by Crippen LogP contribution is 2.32. The highest BCUT2D eigenvalue weighted by molar-refractivity contribution is 5.56. The maximum Gasteiger partial charge on any atom is 0.141 e. The molecule has 3 nitrogen and oxygen atoms in total. The summed E-state index contributed by atoms with van der Waals surface area (Å²) in [5, 5.41) is 13.2. The lowest BCUT2D eigenvalue weighted by atomic mass is 9.80. The second kappa shape index (κ2) is 4.11. The Bertz CT molecular complexity index is 334. The second-order valence-corrected chi connectivity index (χ2v) is 4.13. The van der Waals surface area contributed by atoms with Gasteiger partial charge in [-0.15, -0.1) is 0 Å². The fourth-order valence-electron chi connectivity index (χ4n) is 1.81. The van der Waals surface area contributed by atoms with Crippen molar-refractivity contribution in [3.8, 4) is 5.75 Å². The third-order valence-corrected chi connectivity index (χ3v) is 3.00. The molecule has 2 N–H and O–H groups in total. The first-order valence-electron chi connectivity index (χ1n) is 5.33. The van der Waals surface area contributed by atoms with E-state index in [1.54, 1.807) is 7.11 Å². The van der Waals surface area contributed by atoms with Crippen molar-refractivity contribution in [2.24, 2.45) is 0 Å². The van der Waals surface area contributed by atoms with Crippen LogP contribution in [0.4, 0.5) is 5.69 Å². The number of methoxy groups -OCH3 is 1. The molecule has 1 fully saturated rings. The SMILES string of the molecule is COc1ccccc1NCC1(O)CCC1. The van der Waals surface area contributed by atoms with Crippen LogP contribution in [0.5, 0.6) is 5.75 Å². The number of hydrogen-bond donors (Lipinski definition) is 2.